The van der Waals surface area contributed by atoms with Gasteiger partial charge in [-0.3, -0.25) is 28.7 Å². The third-order valence-corrected chi connectivity index (χ3v) is 12.7. The van der Waals surface area contributed by atoms with Crippen LogP contribution < -0.4 is 21.1 Å². The molecule has 0 radical (unpaired) electrons. The Morgan fingerprint density at radius 2 is 1.59 bits per heavy atom. The fourth-order valence-electron chi connectivity index (χ4n) is 8.53. The average Bonchev–Trinajstić information content (AvgIpc) is 3.14. The molecule has 0 bridgehead atoms. The number of aromatic hydroxyl groups is 1. The number of carbonyl (C=O) groups is 6. The van der Waals surface area contributed by atoms with Gasteiger partial charge in [0, 0.05) is 29.6 Å². The van der Waals surface area contributed by atoms with Gasteiger partial charge in [0.25, 0.3) is 10.0 Å². The molecule has 0 aliphatic heterocycles. The third-order valence-electron chi connectivity index (χ3n) is 11.3. The Kier molecular flexibility index (Phi) is 9.34. The van der Waals surface area contributed by atoms with E-state index in [0.717, 1.165) is 16.3 Å². The van der Waals surface area contributed by atoms with Crippen LogP contribution in [0.2, 0.25) is 0 Å². The van der Waals surface area contributed by atoms with Crippen LogP contribution in [0, 0.1) is 23.7 Å². The van der Waals surface area contributed by atoms with Crippen LogP contribution >= 0.6 is 0 Å². The number of urea groups is 1. The monoisotopic (exact) mass is 782 g/mol. The molecule has 4 aromatic carbocycles. The first kappa shape index (κ1) is 38.3. The molecule has 15 nitrogen and oxygen atoms in total. The molecule has 3 aliphatic rings. The van der Waals surface area contributed by atoms with Gasteiger partial charge in [0.2, 0.25) is 5.91 Å². The number of Topliss-reactive ketones (excluding diaryl/α,β-unsaturated/α-hetero) is 4. The van der Waals surface area contributed by atoms with E-state index in [-0.39, 0.29) is 39.0 Å². The van der Waals surface area contributed by atoms with E-state index in [4.69, 9.17) is 5.73 Å². The Labute approximate surface area is 320 Å². The number of aliphatic hydroxyl groups is 2. The van der Waals surface area contributed by atoms with Crippen LogP contribution in [-0.4, -0.2) is 70.5 Å². The summed E-state index contributed by atoms with van der Waals surface area (Å²) in [7, 11) is -3.97. The van der Waals surface area contributed by atoms with Crippen LogP contribution in [0.25, 0.3) is 10.8 Å². The number of primary amides is 1. The minimum atomic E-state index is -3.97. The average molecular weight is 783 g/mol. The predicted molar refractivity (Wildman–Crippen MR) is 203 cm³/mol. The number of phenolic OH excluding ortho intramolecular Hbond substituents is 1. The lowest BCUT2D eigenvalue weighted by Crippen LogP contribution is -2.72. The van der Waals surface area contributed by atoms with Gasteiger partial charge >= 0.3 is 6.03 Å². The number of carbonyl (C=O) groups excluding carboxylic acids is 6. The molecule has 0 aromatic heterocycles. The van der Waals surface area contributed by atoms with Gasteiger partial charge in [0.05, 0.1) is 28.2 Å². The van der Waals surface area contributed by atoms with Crippen molar-refractivity contribution in [2.75, 3.05) is 15.4 Å². The van der Waals surface area contributed by atoms with Crippen molar-refractivity contribution < 1.29 is 52.5 Å². The van der Waals surface area contributed by atoms with E-state index in [2.05, 4.69) is 29.2 Å². The largest absolute Gasteiger partial charge is 0.505 e. The summed E-state index contributed by atoms with van der Waals surface area (Å²) in [5.74, 6) is -14.3. The summed E-state index contributed by atoms with van der Waals surface area (Å²) in [5.41, 5.74) is 3.30. The molecule has 7 atom stereocenters. The normalized spacial score (nSPS) is 26.0. The number of nitrogens with one attached hydrogen (secondary N) is 3. The Hall–Kier alpha value is -5.97. The number of sulfonamides is 1. The van der Waals surface area contributed by atoms with Crippen LogP contribution in [0.15, 0.2) is 77.7 Å². The fourth-order valence-corrected chi connectivity index (χ4v) is 9.63. The number of benzene rings is 4. The number of anilines is 3. The van der Waals surface area contributed by atoms with Gasteiger partial charge < -0.3 is 31.7 Å². The van der Waals surface area contributed by atoms with E-state index in [9.17, 15) is 52.5 Å². The van der Waals surface area contributed by atoms with Crippen molar-refractivity contribution in [3.63, 3.8) is 0 Å². The summed E-state index contributed by atoms with van der Waals surface area (Å²) in [6.45, 7) is 5.69. The summed E-state index contributed by atoms with van der Waals surface area (Å²) in [6, 6.07) is 18.3. The second kappa shape index (κ2) is 13.6. The maximum Gasteiger partial charge on any atom is 0.323 e. The standard InChI is InChI=1S/C40H38N4O11S/c1-17(2)23-6-4-5-19-15-22(11-12-25(19)23)56(54,55)44-21-9-7-20(8-10-21)42-39(52)43-27-14-13-24-18(3)29-32(35(48)30(24)34(27)47)37(50)40(53)26(33(29)46)16-28(45)31(36(40)49)38(41)51/h4-15,17-18,26,29,31-33,44,46-47,53H,16H2,1-3H3,(H2,41,51)(H2,42,43,52)/t18-,26+,29+,31?,32?,33+,40+/m0/s1. The van der Waals surface area contributed by atoms with Gasteiger partial charge in [-0.1, -0.05) is 51.1 Å². The number of phenols is 1. The molecular weight excluding hydrogens is 745 g/mol. The Balaban J connectivity index is 1.07. The summed E-state index contributed by atoms with van der Waals surface area (Å²) in [6.07, 6.45) is -2.41. The van der Waals surface area contributed by atoms with Gasteiger partial charge in [0.15, 0.2) is 34.7 Å². The minimum Gasteiger partial charge on any atom is -0.505 e. The van der Waals surface area contributed by atoms with Crippen LogP contribution in [0.4, 0.5) is 21.9 Å². The molecule has 8 N–H and O–H groups in total. The number of hydrogen-bond acceptors (Lipinski definition) is 11. The van der Waals surface area contributed by atoms with Crippen molar-refractivity contribution in [2.24, 2.45) is 29.4 Å². The number of hydrogen-bond donors (Lipinski definition) is 7. The third kappa shape index (κ3) is 6.00. The number of aliphatic hydroxyl groups excluding tert-OH is 1. The SMILES string of the molecule is CC(C)c1cccc2cc(S(=O)(=O)Nc3ccc(NC(=O)Nc4ccc5c(c4O)C(=O)C4C(=O)[C@]6(O)C(=O)C(C(N)=O)C(=O)C[C@@H]6[C@@H](O)[C@@H]4[C@H]5C)cc3)ccc12. The number of amides is 3. The van der Waals surface area contributed by atoms with Crippen molar-refractivity contribution in [1.82, 2.24) is 0 Å². The zero-order valence-corrected chi connectivity index (χ0v) is 31.1. The van der Waals surface area contributed by atoms with E-state index >= 15 is 0 Å². The van der Waals surface area contributed by atoms with Gasteiger partial charge in [-0.05, 0) is 76.2 Å². The van der Waals surface area contributed by atoms with E-state index in [0.29, 0.717) is 0 Å². The highest BCUT2D eigenvalue weighted by Crippen LogP contribution is 2.54. The zero-order valence-electron chi connectivity index (χ0n) is 30.3. The van der Waals surface area contributed by atoms with E-state index in [1.54, 1.807) is 19.1 Å². The van der Waals surface area contributed by atoms with Crippen molar-refractivity contribution in [3.05, 3.63) is 89.5 Å². The van der Waals surface area contributed by atoms with Crippen LogP contribution in [-0.2, 0) is 29.2 Å². The highest BCUT2D eigenvalue weighted by molar-refractivity contribution is 7.92. The number of ketones is 4. The lowest BCUT2D eigenvalue weighted by Gasteiger charge is -2.52. The van der Waals surface area contributed by atoms with Crippen LogP contribution in [0.1, 0.15) is 60.5 Å². The quantitative estimate of drug-likeness (QED) is 0.105. The zero-order chi connectivity index (χ0) is 40.6. The van der Waals surface area contributed by atoms with Crippen molar-refractivity contribution in [1.29, 1.82) is 0 Å². The topological polar surface area (TPSA) is 259 Å². The van der Waals surface area contributed by atoms with Crippen molar-refractivity contribution >= 4 is 72.9 Å². The second-order valence-corrected chi connectivity index (χ2v) is 16.6. The summed E-state index contributed by atoms with van der Waals surface area (Å²) in [5, 5.41) is 40.8. The highest BCUT2D eigenvalue weighted by atomic mass is 32.2. The molecule has 290 valence electrons. The number of nitrogens with two attached hydrogens (primary N) is 1. The lowest BCUT2D eigenvalue weighted by atomic mass is 9.50. The van der Waals surface area contributed by atoms with Gasteiger partial charge in [-0.25, -0.2) is 13.2 Å². The molecule has 0 spiro atoms. The molecule has 4 aromatic rings. The lowest BCUT2D eigenvalue weighted by molar-refractivity contribution is -0.189. The molecule has 56 heavy (non-hydrogen) atoms. The van der Waals surface area contributed by atoms with E-state index < -0.39 is 98.6 Å². The van der Waals surface area contributed by atoms with Crippen molar-refractivity contribution in [3.8, 4) is 5.75 Å². The maximum absolute atomic E-state index is 14.0. The molecule has 2 fully saturated rings. The van der Waals surface area contributed by atoms with Gasteiger partial charge in [-0.2, -0.15) is 0 Å². The summed E-state index contributed by atoms with van der Waals surface area (Å²) < 4.78 is 29.0. The van der Waals surface area contributed by atoms with Crippen molar-refractivity contribution in [2.45, 2.75) is 55.6 Å². The Morgan fingerprint density at radius 1 is 0.911 bits per heavy atom. The van der Waals surface area contributed by atoms with Gasteiger partial charge in [0.1, 0.15) is 5.75 Å². The first-order chi connectivity index (χ1) is 26.4. The first-order valence-corrected chi connectivity index (χ1v) is 19.3. The molecule has 0 heterocycles. The smallest absolute Gasteiger partial charge is 0.323 e. The highest BCUT2D eigenvalue weighted by Gasteiger charge is 2.69. The molecule has 2 unspecified atom stereocenters. The molecule has 2 saturated carbocycles. The Bertz CT molecular complexity index is 2500. The molecule has 16 heteroatoms. The molecule has 7 rings (SSSR count). The molecular formula is C40H38N4O11S. The van der Waals surface area contributed by atoms with E-state index in [1.165, 1.54) is 42.5 Å². The summed E-state index contributed by atoms with van der Waals surface area (Å²) in [4.78, 5) is 78.8. The fraction of sp³-hybridized carbons (Fsp3) is 0.300. The number of rotatable bonds is 7. The van der Waals surface area contributed by atoms with Crippen LogP contribution in [0.5, 0.6) is 5.75 Å². The second-order valence-electron chi connectivity index (χ2n) is 14.9. The predicted octanol–water partition coefficient (Wildman–Crippen LogP) is 3.58. The molecule has 0 saturated heterocycles. The summed E-state index contributed by atoms with van der Waals surface area (Å²) >= 11 is 0. The molecule has 3 aliphatic carbocycles. The van der Waals surface area contributed by atoms with Gasteiger partial charge in [-0.15, -0.1) is 0 Å². The Morgan fingerprint density at radius 3 is 2.25 bits per heavy atom. The van der Waals surface area contributed by atoms with Crippen LogP contribution in [0.3, 0.4) is 0 Å². The van der Waals surface area contributed by atoms with E-state index in [1.807, 2.05) is 18.2 Å². The molecule has 3 amide bonds. The maximum atomic E-state index is 14.0. The number of fused-ring (bicyclic) bond motifs is 4. The minimum absolute atomic E-state index is 0.0699. The first-order valence-electron chi connectivity index (χ1n) is 17.8.